The Morgan fingerprint density at radius 2 is 1.81 bits per heavy atom. The minimum absolute atomic E-state index is 0.0649. The van der Waals surface area contributed by atoms with Crippen LogP contribution in [0.15, 0.2) is 48.5 Å². The highest BCUT2D eigenvalue weighted by molar-refractivity contribution is 5.94. The Kier molecular flexibility index (Phi) is 5.46. The third kappa shape index (κ3) is 4.17. The highest BCUT2D eigenvalue weighted by atomic mass is 19.1. The van der Waals surface area contributed by atoms with E-state index in [4.69, 9.17) is 0 Å². The van der Waals surface area contributed by atoms with E-state index >= 15 is 0 Å². The third-order valence-electron chi connectivity index (χ3n) is 4.32. The minimum atomic E-state index is -0.609. The molecule has 1 aliphatic heterocycles. The molecule has 3 amide bonds. The molecule has 0 bridgehead atoms. The van der Waals surface area contributed by atoms with E-state index in [9.17, 15) is 18.4 Å². The topological polar surface area (TPSA) is 61.4 Å². The van der Waals surface area contributed by atoms with Gasteiger partial charge in [-0.2, -0.15) is 0 Å². The van der Waals surface area contributed by atoms with Crippen LogP contribution in [0.25, 0.3) is 0 Å². The Morgan fingerprint density at radius 3 is 2.54 bits per heavy atom. The van der Waals surface area contributed by atoms with Gasteiger partial charge in [0.2, 0.25) is 5.91 Å². The summed E-state index contributed by atoms with van der Waals surface area (Å²) in [6, 6.07) is 10.6. The van der Waals surface area contributed by atoms with Crippen LogP contribution < -0.4 is 10.6 Å². The van der Waals surface area contributed by atoms with Crippen LogP contribution in [0.3, 0.4) is 0 Å². The molecular formula is C19H19F2N3O2. The summed E-state index contributed by atoms with van der Waals surface area (Å²) in [6.45, 7) is 0.514. The fourth-order valence-corrected chi connectivity index (χ4v) is 2.95. The van der Waals surface area contributed by atoms with Crippen LogP contribution in [0.2, 0.25) is 0 Å². The highest BCUT2D eigenvalue weighted by Crippen LogP contribution is 2.20. The van der Waals surface area contributed by atoms with Crippen molar-refractivity contribution in [3.05, 3.63) is 65.7 Å². The molecule has 2 N–H and O–H groups in total. The average molecular weight is 359 g/mol. The Balaban J connectivity index is 1.59. The van der Waals surface area contributed by atoms with Gasteiger partial charge in [0.1, 0.15) is 17.7 Å². The summed E-state index contributed by atoms with van der Waals surface area (Å²) in [7, 11) is 0. The molecule has 0 aromatic heterocycles. The molecule has 2 aromatic rings. The van der Waals surface area contributed by atoms with Gasteiger partial charge in [-0.05, 0) is 43.2 Å². The van der Waals surface area contributed by atoms with Gasteiger partial charge >= 0.3 is 6.03 Å². The Hall–Kier alpha value is -2.96. The first-order chi connectivity index (χ1) is 12.5. The molecule has 2 aromatic carbocycles. The number of benzene rings is 2. The summed E-state index contributed by atoms with van der Waals surface area (Å²) in [6.07, 6.45) is 1.24. The van der Waals surface area contributed by atoms with Crippen LogP contribution in [0.1, 0.15) is 18.4 Å². The van der Waals surface area contributed by atoms with Crippen LogP contribution in [-0.4, -0.2) is 29.4 Å². The standard InChI is InChI=1S/C19H19F2N3O2/c20-14-7-9-15(10-8-14)23-19(26)24-11-3-6-17(24)18(25)22-12-13-4-1-2-5-16(13)21/h1-2,4-5,7-10,17H,3,6,11-12H2,(H,22,25)(H,23,26)/t17-/m1/s1. The maximum absolute atomic E-state index is 13.6. The zero-order valence-electron chi connectivity index (χ0n) is 14.0. The molecule has 0 aliphatic carbocycles. The van der Waals surface area contributed by atoms with Crippen LogP contribution in [0, 0.1) is 11.6 Å². The Morgan fingerprint density at radius 1 is 1.08 bits per heavy atom. The maximum Gasteiger partial charge on any atom is 0.322 e. The summed E-state index contributed by atoms with van der Waals surface area (Å²) >= 11 is 0. The first-order valence-corrected chi connectivity index (χ1v) is 8.39. The molecule has 1 saturated heterocycles. The predicted molar refractivity (Wildman–Crippen MR) is 93.4 cm³/mol. The van der Waals surface area contributed by atoms with Crippen molar-refractivity contribution in [2.75, 3.05) is 11.9 Å². The van der Waals surface area contributed by atoms with Crippen LogP contribution in [-0.2, 0) is 11.3 Å². The van der Waals surface area contributed by atoms with Crippen molar-refractivity contribution in [3.8, 4) is 0 Å². The van der Waals surface area contributed by atoms with Gasteiger partial charge in [0.25, 0.3) is 0 Å². The molecule has 7 heteroatoms. The lowest BCUT2D eigenvalue weighted by Gasteiger charge is -2.24. The molecular weight excluding hydrogens is 340 g/mol. The van der Waals surface area contributed by atoms with Crippen molar-refractivity contribution in [2.45, 2.75) is 25.4 Å². The summed E-state index contributed by atoms with van der Waals surface area (Å²) in [4.78, 5) is 26.3. The maximum atomic E-state index is 13.6. The van der Waals surface area contributed by atoms with Crippen molar-refractivity contribution in [1.82, 2.24) is 10.2 Å². The minimum Gasteiger partial charge on any atom is -0.350 e. The molecule has 1 atom stereocenters. The van der Waals surface area contributed by atoms with E-state index < -0.39 is 17.9 Å². The molecule has 0 spiro atoms. The smallest absolute Gasteiger partial charge is 0.322 e. The van der Waals surface area contributed by atoms with Gasteiger partial charge in [-0.3, -0.25) is 4.79 Å². The molecule has 0 saturated carbocycles. The number of halogens is 2. The lowest BCUT2D eigenvalue weighted by molar-refractivity contribution is -0.124. The van der Waals surface area contributed by atoms with Crippen molar-refractivity contribution in [3.63, 3.8) is 0 Å². The van der Waals surface area contributed by atoms with Crippen LogP contribution in [0.4, 0.5) is 19.3 Å². The van der Waals surface area contributed by atoms with E-state index in [1.54, 1.807) is 18.2 Å². The number of hydrogen-bond donors (Lipinski definition) is 2. The van der Waals surface area contributed by atoms with Gasteiger partial charge in [0.05, 0.1) is 0 Å². The van der Waals surface area contributed by atoms with Gasteiger partial charge < -0.3 is 15.5 Å². The Bertz CT molecular complexity index is 796. The first kappa shape index (κ1) is 17.8. The van der Waals surface area contributed by atoms with Crippen molar-refractivity contribution in [1.29, 1.82) is 0 Å². The summed E-state index contributed by atoms with van der Waals surface area (Å²) in [5.74, 6) is -1.10. The normalized spacial score (nSPS) is 16.4. The molecule has 0 unspecified atom stereocenters. The number of nitrogens with one attached hydrogen (secondary N) is 2. The second kappa shape index (κ2) is 7.95. The summed E-state index contributed by atoms with van der Waals surface area (Å²) < 4.78 is 26.6. The fourth-order valence-electron chi connectivity index (χ4n) is 2.95. The van der Waals surface area contributed by atoms with Crippen molar-refractivity contribution >= 4 is 17.6 Å². The SMILES string of the molecule is O=C(NCc1ccccc1F)[C@H]1CCCN1C(=O)Nc1ccc(F)cc1. The number of likely N-dealkylation sites (tertiary alicyclic amines) is 1. The fraction of sp³-hybridized carbons (Fsp3) is 0.263. The third-order valence-corrected chi connectivity index (χ3v) is 4.32. The van der Waals surface area contributed by atoms with Gasteiger partial charge in [-0.1, -0.05) is 18.2 Å². The summed E-state index contributed by atoms with van der Waals surface area (Å²) in [5, 5.41) is 5.35. The summed E-state index contributed by atoms with van der Waals surface area (Å²) in [5.41, 5.74) is 0.843. The zero-order chi connectivity index (χ0) is 18.5. The molecule has 1 heterocycles. The second-order valence-electron chi connectivity index (χ2n) is 6.10. The average Bonchev–Trinajstić information content (AvgIpc) is 3.13. The molecule has 1 aliphatic rings. The van der Waals surface area contributed by atoms with Crippen LogP contribution >= 0.6 is 0 Å². The number of carbonyl (C=O) groups excluding carboxylic acids is 2. The number of nitrogens with zero attached hydrogens (tertiary/aromatic N) is 1. The molecule has 5 nitrogen and oxygen atoms in total. The lowest BCUT2D eigenvalue weighted by Crippen LogP contribution is -2.47. The van der Waals surface area contributed by atoms with E-state index in [-0.39, 0.29) is 18.3 Å². The van der Waals surface area contributed by atoms with Crippen molar-refractivity contribution in [2.24, 2.45) is 0 Å². The predicted octanol–water partition coefficient (Wildman–Crippen LogP) is 3.28. The highest BCUT2D eigenvalue weighted by Gasteiger charge is 2.34. The van der Waals surface area contributed by atoms with E-state index in [0.29, 0.717) is 30.6 Å². The zero-order valence-corrected chi connectivity index (χ0v) is 14.0. The monoisotopic (exact) mass is 359 g/mol. The number of urea groups is 1. The van der Waals surface area contributed by atoms with E-state index in [1.807, 2.05) is 0 Å². The van der Waals surface area contributed by atoms with Gasteiger partial charge in [-0.25, -0.2) is 13.6 Å². The van der Waals surface area contributed by atoms with Crippen molar-refractivity contribution < 1.29 is 18.4 Å². The van der Waals surface area contributed by atoms with E-state index in [2.05, 4.69) is 10.6 Å². The van der Waals surface area contributed by atoms with Gasteiger partial charge in [0.15, 0.2) is 0 Å². The molecule has 0 radical (unpaired) electrons. The number of anilines is 1. The van der Waals surface area contributed by atoms with Crippen LogP contribution in [0.5, 0.6) is 0 Å². The molecule has 1 fully saturated rings. The Labute approximate surface area is 150 Å². The van der Waals surface area contributed by atoms with Gasteiger partial charge in [-0.15, -0.1) is 0 Å². The van der Waals surface area contributed by atoms with E-state index in [0.717, 1.165) is 0 Å². The molecule has 136 valence electrons. The first-order valence-electron chi connectivity index (χ1n) is 8.39. The molecule has 3 rings (SSSR count). The molecule has 26 heavy (non-hydrogen) atoms. The van der Waals surface area contributed by atoms with E-state index in [1.165, 1.54) is 35.2 Å². The quantitative estimate of drug-likeness (QED) is 0.880. The second-order valence-corrected chi connectivity index (χ2v) is 6.10. The number of hydrogen-bond acceptors (Lipinski definition) is 2. The lowest BCUT2D eigenvalue weighted by atomic mass is 10.2. The van der Waals surface area contributed by atoms with Gasteiger partial charge in [0, 0.05) is 24.3 Å². The number of carbonyl (C=O) groups is 2. The number of rotatable bonds is 4. The number of amides is 3. The largest absolute Gasteiger partial charge is 0.350 e.